The lowest BCUT2D eigenvalue weighted by molar-refractivity contribution is 0.641. The first kappa shape index (κ1) is 15.1. The Morgan fingerprint density at radius 2 is 2.12 bits per heavy atom. The molecule has 1 unspecified atom stereocenters. The van der Waals surface area contributed by atoms with E-state index in [2.05, 4.69) is 53.3 Å². The van der Waals surface area contributed by atoms with Crippen LogP contribution in [-0.2, 0) is 0 Å². The largest absolute Gasteiger partial charge is 0.313 e. The van der Waals surface area contributed by atoms with Crippen LogP contribution in [0.2, 0.25) is 0 Å². The fourth-order valence-electron chi connectivity index (χ4n) is 1.68. The van der Waals surface area contributed by atoms with Gasteiger partial charge in [0.15, 0.2) is 0 Å². The predicted molar refractivity (Wildman–Crippen MR) is 81.9 cm³/mol. The Bertz CT molecular complexity index is 341. The van der Waals surface area contributed by atoms with E-state index in [1.807, 2.05) is 18.8 Å². The molecule has 0 aliphatic carbocycles. The van der Waals surface area contributed by atoms with Gasteiger partial charge in [0, 0.05) is 15.4 Å². The summed E-state index contributed by atoms with van der Waals surface area (Å²) in [4.78, 5) is 1.40. The molecule has 3 heteroatoms. The zero-order chi connectivity index (χ0) is 12.7. The van der Waals surface area contributed by atoms with Crippen molar-refractivity contribution in [3.8, 4) is 0 Å². The summed E-state index contributed by atoms with van der Waals surface area (Å²) in [5.41, 5.74) is 1.40. The molecule has 1 N–H and O–H groups in total. The number of hydrogen-bond acceptors (Lipinski definition) is 2. The van der Waals surface area contributed by atoms with E-state index in [9.17, 15) is 0 Å². The first-order chi connectivity index (χ1) is 8.19. The van der Waals surface area contributed by atoms with Crippen LogP contribution in [-0.4, -0.2) is 12.8 Å². The first-order valence-electron chi connectivity index (χ1n) is 6.28. The van der Waals surface area contributed by atoms with Crippen LogP contribution in [0.3, 0.4) is 0 Å². The molecule has 0 saturated heterocycles. The van der Waals surface area contributed by atoms with E-state index in [1.54, 1.807) is 0 Å². The predicted octanol–water partition coefficient (Wildman–Crippen LogP) is 5.01. The molecule has 0 spiro atoms. The first-order valence-corrected chi connectivity index (χ1v) is 8.06. The molecule has 0 saturated carbocycles. The van der Waals surface area contributed by atoms with E-state index < -0.39 is 0 Å². The standard InChI is InChI=1S/C14H22BrNS/c1-4-5-6-9-17-14-10-12(15)7-8-13(14)11(2)16-3/h7-8,10-11,16H,4-6,9H2,1-3H3. The summed E-state index contributed by atoms with van der Waals surface area (Å²) >= 11 is 5.53. The summed E-state index contributed by atoms with van der Waals surface area (Å²) in [7, 11) is 2.01. The Morgan fingerprint density at radius 3 is 2.76 bits per heavy atom. The number of nitrogens with one attached hydrogen (secondary N) is 1. The Morgan fingerprint density at radius 1 is 1.35 bits per heavy atom. The van der Waals surface area contributed by atoms with Gasteiger partial charge in [-0.1, -0.05) is 41.8 Å². The zero-order valence-electron chi connectivity index (χ0n) is 10.9. The summed E-state index contributed by atoms with van der Waals surface area (Å²) in [6, 6.07) is 6.99. The van der Waals surface area contributed by atoms with E-state index in [0.717, 1.165) is 0 Å². The highest BCUT2D eigenvalue weighted by Gasteiger charge is 2.09. The van der Waals surface area contributed by atoms with Crippen molar-refractivity contribution in [3.63, 3.8) is 0 Å². The quantitative estimate of drug-likeness (QED) is 0.560. The van der Waals surface area contributed by atoms with Gasteiger partial charge in [0.05, 0.1) is 0 Å². The van der Waals surface area contributed by atoms with Crippen molar-refractivity contribution >= 4 is 27.7 Å². The second-order valence-electron chi connectivity index (χ2n) is 4.25. The highest BCUT2D eigenvalue weighted by Crippen LogP contribution is 2.31. The number of thioether (sulfide) groups is 1. The van der Waals surface area contributed by atoms with Gasteiger partial charge in [-0.05, 0) is 43.8 Å². The smallest absolute Gasteiger partial charge is 0.0300 e. The maximum atomic E-state index is 3.56. The Hall–Kier alpha value is 0.01000. The lowest BCUT2D eigenvalue weighted by atomic mass is 10.1. The molecule has 96 valence electrons. The maximum Gasteiger partial charge on any atom is 0.0300 e. The SMILES string of the molecule is CCCCCSc1cc(Br)ccc1C(C)NC. The Labute approximate surface area is 118 Å². The molecular weight excluding hydrogens is 294 g/mol. The van der Waals surface area contributed by atoms with Crippen LogP contribution in [0.1, 0.15) is 44.7 Å². The van der Waals surface area contributed by atoms with Crippen LogP contribution in [0.15, 0.2) is 27.6 Å². The van der Waals surface area contributed by atoms with Gasteiger partial charge < -0.3 is 5.32 Å². The van der Waals surface area contributed by atoms with E-state index in [0.29, 0.717) is 6.04 Å². The van der Waals surface area contributed by atoms with Gasteiger partial charge in [-0.2, -0.15) is 0 Å². The summed E-state index contributed by atoms with van der Waals surface area (Å²) in [6.07, 6.45) is 3.93. The minimum Gasteiger partial charge on any atom is -0.313 e. The molecule has 1 aromatic rings. The summed E-state index contributed by atoms with van der Waals surface area (Å²) < 4.78 is 1.17. The van der Waals surface area contributed by atoms with Gasteiger partial charge in [0.1, 0.15) is 0 Å². The number of unbranched alkanes of at least 4 members (excludes halogenated alkanes) is 2. The van der Waals surface area contributed by atoms with Gasteiger partial charge >= 0.3 is 0 Å². The minimum atomic E-state index is 0.414. The van der Waals surface area contributed by atoms with Crippen molar-refractivity contribution in [2.24, 2.45) is 0 Å². The molecule has 1 rings (SSSR count). The Kier molecular flexibility index (Phi) is 7.24. The van der Waals surface area contributed by atoms with Gasteiger partial charge in [-0.3, -0.25) is 0 Å². The van der Waals surface area contributed by atoms with Crippen LogP contribution in [0.5, 0.6) is 0 Å². The number of benzene rings is 1. The third kappa shape index (κ3) is 5.02. The van der Waals surface area contributed by atoms with Gasteiger partial charge in [-0.25, -0.2) is 0 Å². The van der Waals surface area contributed by atoms with Gasteiger partial charge in [0.25, 0.3) is 0 Å². The van der Waals surface area contributed by atoms with Crippen molar-refractivity contribution in [2.75, 3.05) is 12.8 Å². The molecule has 1 atom stereocenters. The minimum absolute atomic E-state index is 0.414. The topological polar surface area (TPSA) is 12.0 Å². The lowest BCUT2D eigenvalue weighted by Crippen LogP contribution is -2.13. The highest BCUT2D eigenvalue weighted by atomic mass is 79.9. The zero-order valence-corrected chi connectivity index (χ0v) is 13.3. The third-order valence-corrected chi connectivity index (χ3v) is 4.53. The second-order valence-corrected chi connectivity index (χ2v) is 6.30. The van der Waals surface area contributed by atoms with Crippen molar-refractivity contribution in [1.82, 2.24) is 5.32 Å². The van der Waals surface area contributed by atoms with Crippen molar-refractivity contribution < 1.29 is 0 Å². The van der Waals surface area contributed by atoms with E-state index >= 15 is 0 Å². The molecule has 0 radical (unpaired) electrons. The number of halogens is 1. The normalized spacial score (nSPS) is 12.7. The maximum absolute atomic E-state index is 3.56. The third-order valence-electron chi connectivity index (χ3n) is 2.88. The van der Waals surface area contributed by atoms with Gasteiger partial charge in [0.2, 0.25) is 0 Å². The summed E-state index contributed by atoms with van der Waals surface area (Å²) in [5, 5.41) is 3.31. The van der Waals surface area contributed by atoms with E-state index in [-0.39, 0.29) is 0 Å². The molecule has 1 nitrogen and oxygen atoms in total. The molecule has 0 aliphatic rings. The molecule has 1 aromatic carbocycles. The highest BCUT2D eigenvalue weighted by molar-refractivity contribution is 9.10. The van der Waals surface area contributed by atoms with Crippen LogP contribution >= 0.6 is 27.7 Å². The molecule has 0 aromatic heterocycles. The van der Waals surface area contributed by atoms with Crippen LogP contribution in [0.4, 0.5) is 0 Å². The molecule has 0 fully saturated rings. The number of rotatable bonds is 7. The monoisotopic (exact) mass is 315 g/mol. The van der Waals surface area contributed by atoms with Crippen LogP contribution in [0, 0.1) is 0 Å². The lowest BCUT2D eigenvalue weighted by Gasteiger charge is -2.16. The van der Waals surface area contributed by atoms with E-state index in [4.69, 9.17) is 0 Å². The molecule has 17 heavy (non-hydrogen) atoms. The molecule has 0 heterocycles. The average Bonchev–Trinajstić information content (AvgIpc) is 2.34. The van der Waals surface area contributed by atoms with Crippen LogP contribution < -0.4 is 5.32 Å². The number of hydrogen-bond donors (Lipinski definition) is 1. The fourth-order valence-corrected chi connectivity index (χ4v) is 3.38. The molecular formula is C14H22BrNS. The van der Waals surface area contributed by atoms with Crippen molar-refractivity contribution in [2.45, 2.75) is 44.0 Å². The Balaban J connectivity index is 2.69. The van der Waals surface area contributed by atoms with Gasteiger partial charge in [-0.15, -0.1) is 11.8 Å². The van der Waals surface area contributed by atoms with Crippen molar-refractivity contribution in [3.05, 3.63) is 28.2 Å². The average molecular weight is 316 g/mol. The molecule has 0 amide bonds. The summed E-state index contributed by atoms with van der Waals surface area (Å²) in [6.45, 7) is 4.46. The fraction of sp³-hybridized carbons (Fsp3) is 0.571. The van der Waals surface area contributed by atoms with Crippen LogP contribution in [0.25, 0.3) is 0 Å². The second kappa shape index (κ2) is 8.17. The van der Waals surface area contributed by atoms with E-state index in [1.165, 1.54) is 39.9 Å². The molecule has 0 aliphatic heterocycles. The summed E-state index contributed by atoms with van der Waals surface area (Å²) in [5.74, 6) is 1.22. The van der Waals surface area contributed by atoms with Crippen molar-refractivity contribution in [1.29, 1.82) is 0 Å². The molecule has 0 bridgehead atoms.